The van der Waals surface area contributed by atoms with Gasteiger partial charge in [0.1, 0.15) is 17.3 Å². The summed E-state index contributed by atoms with van der Waals surface area (Å²) in [6.07, 6.45) is 1.89. The molecule has 0 aliphatic rings. The maximum absolute atomic E-state index is 11.1. The first-order chi connectivity index (χ1) is 13.5. The van der Waals surface area contributed by atoms with Crippen molar-refractivity contribution < 1.29 is 10.1 Å². The second-order valence-electron chi connectivity index (χ2n) is 6.94. The van der Waals surface area contributed by atoms with Gasteiger partial charge in [-0.05, 0) is 49.7 Å². The number of aryl methyl sites for hydroxylation is 2. The fraction of sp³-hybridized carbons (Fsp3) is 0.130. The van der Waals surface area contributed by atoms with Gasteiger partial charge in [-0.25, -0.2) is 9.97 Å². The van der Waals surface area contributed by atoms with Crippen LogP contribution < -0.4 is 10.3 Å². The van der Waals surface area contributed by atoms with Crippen molar-refractivity contribution in [3.8, 4) is 5.75 Å². The molecule has 0 fully saturated rings. The highest BCUT2D eigenvalue weighted by Gasteiger charge is 2.24. The molecule has 4 aromatic rings. The summed E-state index contributed by atoms with van der Waals surface area (Å²) in [5, 5.41) is 16.1. The summed E-state index contributed by atoms with van der Waals surface area (Å²) in [4.78, 5) is 7.76. The monoisotopic (exact) mass is 390 g/mol. The third-order valence-corrected chi connectivity index (χ3v) is 4.99. The summed E-state index contributed by atoms with van der Waals surface area (Å²) >= 11 is 6.25. The Labute approximate surface area is 168 Å². The molecule has 0 unspecified atom stereocenters. The Morgan fingerprint density at radius 3 is 2.64 bits per heavy atom. The van der Waals surface area contributed by atoms with Crippen LogP contribution in [0, 0.1) is 13.8 Å². The average Bonchev–Trinajstić information content (AvgIpc) is 2.67. The molecule has 0 bridgehead atoms. The summed E-state index contributed by atoms with van der Waals surface area (Å²) in [5.74, 6) is 1.02. The molecule has 0 saturated carbocycles. The number of aromatic amines is 1. The van der Waals surface area contributed by atoms with Crippen LogP contribution in [0.3, 0.4) is 0 Å². The Hall–Kier alpha value is -3.11. The number of H-pyrrole nitrogens is 1. The number of aromatic nitrogens is 2. The van der Waals surface area contributed by atoms with E-state index in [0.717, 1.165) is 33.6 Å². The molecule has 0 aliphatic heterocycles. The summed E-state index contributed by atoms with van der Waals surface area (Å²) in [7, 11) is 0. The van der Waals surface area contributed by atoms with Gasteiger partial charge in [0.05, 0.1) is 6.20 Å². The molecule has 28 heavy (non-hydrogen) atoms. The van der Waals surface area contributed by atoms with Gasteiger partial charge in [-0.1, -0.05) is 35.9 Å². The van der Waals surface area contributed by atoms with Gasteiger partial charge in [-0.3, -0.25) is 5.32 Å². The van der Waals surface area contributed by atoms with Gasteiger partial charge in [-0.15, -0.1) is 0 Å². The molecule has 0 radical (unpaired) electrons. The molecule has 4 rings (SSSR count). The van der Waals surface area contributed by atoms with Crippen molar-refractivity contribution in [3.63, 3.8) is 0 Å². The second kappa shape index (κ2) is 7.49. The van der Waals surface area contributed by atoms with E-state index >= 15 is 0 Å². The first-order valence-corrected chi connectivity index (χ1v) is 9.48. The largest absolute Gasteiger partial charge is 0.505 e. The lowest BCUT2D eigenvalue weighted by atomic mass is 9.96. The van der Waals surface area contributed by atoms with Gasteiger partial charge in [0, 0.05) is 33.3 Å². The number of aromatic hydroxyl groups is 1. The highest BCUT2D eigenvalue weighted by Crippen LogP contribution is 2.36. The smallest absolute Gasteiger partial charge is 0.273 e. The summed E-state index contributed by atoms with van der Waals surface area (Å²) < 4.78 is 0. The highest BCUT2D eigenvalue weighted by atomic mass is 35.5. The van der Waals surface area contributed by atoms with E-state index in [-0.39, 0.29) is 11.8 Å². The van der Waals surface area contributed by atoms with E-state index in [1.807, 2.05) is 80.7 Å². The van der Waals surface area contributed by atoms with E-state index in [1.54, 1.807) is 0 Å². The number of phenols is 1. The number of fused-ring (bicyclic) bond motifs is 1. The SMILES string of the molecule is Cc1cc[nH+]c(N[C@H](c2cccc(Cl)c2)c2ccc3ccc(C)nc3c2O)c1. The van der Waals surface area contributed by atoms with Crippen molar-refractivity contribution in [1.29, 1.82) is 0 Å². The van der Waals surface area contributed by atoms with Gasteiger partial charge in [0.2, 0.25) is 0 Å². The van der Waals surface area contributed by atoms with Crippen LogP contribution >= 0.6 is 11.6 Å². The molecule has 2 heterocycles. The van der Waals surface area contributed by atoms with Crippen LogP contribution in [-0.2, 0) is 0 Å². The number of benzene rings is 2. The number of phenolic OH excluding ortho intramolecular Hbond substituents is 1. The van der Waals surface area contributed by atoms with Crippen molar-refractivity contribution >= 4 is 28.3 Å². The number of anilines is 1. The lowest BCUT2D eigenvalue weighted by Crippen LogP contribution is -2.19. The predicted molar refractivity (Wildman–Crippen MR) is 113 cm³/mol. The summed E-state index contributed by atoms with van der Waals surface area (Å²) in [5.41, 5.74) is 4.28. The van der Waals surface area contributed by atoms with E-state index in [1.165, 1.54) is 0 Å². The zero-order chi connectivity index (χ0) is 19.7. The second-order valence-corrected chi connectivity index (χ2v) is 7.38. The number of hydrogen-bond donors (Lipinski definition) is 2. The lowest BCUT2D eigenvalue weighted by molar-refractivity contribution is -0.361. The van der Waals surface area contributed by atoms with Crippen LogP contribution in [-0.4, -0.2) is 10.1 Å². The van der Waals surface area contributed by atoms with Crippen LogP contribution in [0.2, 0.25) is 5.02 Å². The third kappa shape index (κ3) is 3.64. The van der Waals surface area contributed by atoms with Crippen LogP contribution in [0.25, 0.3) is 10.9 Å². The van der Waals surface area contributed by atoms with Gasteiger partial charge in [0.15, 0.2) is 0 Å². The quantitative estimate of drug-likeness (QED) is 0.501. The molecular weight excluding hydrogens is 370 g/mol. The van der Waals surface area contributed by atoms with Gasteiger partial charge >= 0.3 is 0 Å². The van der Waals surface area contributed by atoms with Gasteiger partial charge in [-0.2, -0.15) is 0 Å². The first-order valence-electron chi connectivity index (χ1n) is 9.11. The molecule has 140 valence electrons. The standard InChI is InChI=1S/C23H20ClN3O/c1-14-10-11-25-20(12-14)27-21(17-4-3-5-18(24)13-17)19-9-8-16-7-6-15(2)26-22(16)23(19)28/h3-13,21,28H,1-2H3,(H,25,27)/p+1/t21-/m1/s1. The molecule has 4 nitrogen and oxygen atoms in total. The van der Waals surface area contributed by atoms with Crippen molar-refractivity contribution in [2.75, 3.05) is 5.32 Å². The Morgan fingerprint density at radius 1 is 1.04 bits per heavy atom. The molecule has 0 aliphatic carbocycles. The van der Waals surface area contributed by atoms with E-state index < -0.39 is 0 Å². The maximum Gasteiger partial charge on any atom is 0.273 e. The number of rotatable bonds is 4. The van der Waals surface area contributed by atoms with Crippen molar-refractivity contribution in [3.05, 3.63) is 94.3 Å². The minimum absolute atomic E-state index is 0.173. The maximum atomic E-state index is 11.1. The molecule has 2 aromatic carbocycles. The van der Waals surface area contributed by atoms with E-state index in [9.17, 15) is 5.11 Å². The summed E-state index contributed by atoms with van der Waals surface area (Å²) in [6.45, 7) is 3.95. The third-order valence-electron chi connectivity index (χ3n) is 4.76. The number of nitrogens with zero attached hydrogens (tertiary/aromatic N) is 1. The fourth-order valence-electron chi connectivity index (χ4n) is 3.37. The topological polar surface area (TPSA) is 59.3 Å². The molecule has 3 N–H and O–H groups in total. The van der Waals surface area contributed by atoms with Crippen molar-refractivity contribution in [2.45, 2.75) is 19.9 Å². The Balaban J connectivity index is 1.87. The zero-order valence-corrected chi connectivity index (χ0v) is 16.5. The molecule has 1 atom stereocenters. The van der Waals surface area contributed by atoms with Gasteiger partial charge in [0.25, 0.3) is 5.82 Å². The molecule has 0 saturated heterocycles. The Morgan fingerprint density at radius 2 is 1.86 bits per heavy atom. The number of pyridine rings is 2. The number of halogens is 1. The average molecular weight is 391 g/mol. The van der Waals surface area contributed by atoms with E-state index in [4.69, 9.17) is 11.6 Å². The molecular formula is C23H21ClN3O+. The number of nitrogens with one attached hydrogen (secondary N) is 2. The fourth-order valence-corrected chi connectivity index (χ4v) is 3.56. The first kappa shape index (κ1) is 18.3. The van der Waals surface area contributed by atoms with E-state index in [2.05, 4.69) is 15.3 Å². The van der Waals surface area contributed by atoms with E-state index in [0.29, 0.717) is 10.5 Å². The summed E-state index contributed by atoms with van der Waals surface area (Å²) in [6, 6.07) is 19.2. The van der Waals surface area contributed by atoms with Crippen LogP contribution in [0.1, 0.15) is 28.4 Å². The van der Waals surface area contributed by atoms with Crippen LogP contribution in [0.5, 0.6) is 5.75 Å². The number of hydrogen-bond acceptors (Lipinski definition) is 3. The predicted octanol–water partition coefficient (Wildman–Crippen LogP) is 5.23. The van der Waals surface area contributed by atoms with Crippen LogP contribution in [0.15, 0.2) is 66.9 Å². The van der Waals surface area contributed by atoms with Crippen molar-refractivity contribution in [2.24, 2.45) is 0 Å². The zero-order valence-electron chi connectivity index (χ0n) is 15.7. The lowest BCUT2D eigenvalue weighted by Gasteiger charge is -2.18. The normalized spacial score (nSPS) is 12.1. The molecule has 2 aromatic heterocycles. The molecule has 5 heteroatoms. The minimum Gasteiger partial charge on any atom is -0.505 e. The van der Waals surface area contributed by atoms with Crippen molar-refractivity contribution in [1.82, 2.24) is 4.98 Å². The molecule has 0 spiro atoms. The Bertz CT molecular complexity index is 1160. The highest BCUT2D eigenvalue weighted by molar-refractivity contribution is 6.30. The minimum atomic E-state index is -0.302. The van der Waals surface area contributed by atoms with Gasteiger partial charge < -0.3 is 5.11 Å². The molecule has 0 amide bonds. The van der Waals surface area contributed by atoms with Crippen LogP contribution in [0.4, 0.5) is 5.82 Å². The Kier molecular flexibility index (Phi) is 4.88.